The van der Waals surface area contributed by atoms with Crippen molar-refractivity contribution in [2.24, 2.45) is 10.4 Å². The highest BCUT2D eigenvalue weighted by molar-refractivity contribution is 7.80. The van der Waals surface area contributed by atoms with Gasteiger partial charge in [0, 0.05) is 0 Å². The van der Waals surface area contributed by atoms with Gasteiger partial charge in [-0.25, -0.2) is 0 Å². The Bertz CT molecular complexity index is 321. The summed E-state index contributed by atoms with van der Waals surface area (Å²) in [6.07, 6.45) is 0. The zero-order valence-corrected chi connectivity index (χ0v) is 6.90. The third-order valence-corrected chi connectivity index (χ3v) is 1.70. The molecule has 0 bridgehead atoms. The van der Waals surface area contributed by atoms with Crippen LogP contribution < -0.4 is 10.4 Å². The van der Waals surface area contributed by atoms with Crippen LogP contribution in [0.15, 0.2) is 40.8 Å². The zero-order valence-electron chi connectivity index (χ0n) is 6.08. The third-order valence-electron chi connectivity index (χ3n) is 1.44. The van der Waals surface area contributed by atoms with Crippen LogP contribution in [0.3, 0.4) is 0 Å². The number of hydrogen-bond acceptors (Lipinski definition) is 3. The van der Waals surface area contributed by atoms with Crippen LogP contribution in [0.25, 0.3) is 0 Å². The van der Waals surface area contributed by atoms with Crippen LogP contribution in [-0.2, 0) is 0 Å². The van der Waals surface area contributed by atoms with E-state index in [1.165, 1.54) is 5.01 Å². The Balaban J connectivity index is 2.31. The van der Waals surface area contributed by atoms with E-state index in [4.69, 9.17) is 12.2 Å². The van der Waals surface area contributed by atoms with Gasteiger partial charge in [-0.05, 0) is 34.8 Å². The molecule has 0 N–H and O–H groups in total. The Morgan fingerprint density at radius 3 is 2.50 bits per heavy atom. The molecule has 1 aliphatic rings. The molecule has 0 amide bonds. The smallest absolute Gasteiger partial charge is 0.184 e. The van der Waals surface area contributed by atoms with Gasteiger partial charge in [-0.2, -0.15) is 5.01 Å². The van der Waals surface area contributed by atoms with E-state index in [1.54, 1.807) is 0 Å². The average Bonchev–Trinajstić information content (AvgIpc) is 2.53. The number of nitrogens with zero attached hydrogens (tertiary/aromatic N) is 4. The molecule has 1 aromatic rings. The Labute approximate surface area is 74.8 Å². The van der Waals surface area contributed by atoms with Crippen molar-refractivity contribution < 1.29 is 0 Å². The van der Waals surface area contributed by atoms with E-state index in [9.17, 15) is 0 Å². The largest absolute Gasteiger partial charge is 0.244 e. The fraction of sp³-hybridized carbons (Fsp3) is 0. The lowest BCUT2D eigenvalue weighted by Crippen LogP contribution is -2.22. The van der Waals surface area contributed by atoms with Gasteiger partial charge in [0.1, 0.15) is 0 Å². The van der Waals surface area contributed by atoms with Crippen LogP contribution in [0.2, 0.25) is 0 Å². The molecule has 1 aromatic carbocycles. The molecule has 12 heavy (non-hydrogen) atoms. The summed E-state index contributed by atoms with van der Waals surface area (Å²) in [5.41, 5.74) is 4.49. The van der Waals surface area contributed by atoms with Crippen LogP contribution in [0.5, 0.6) is 0 Å². The molecule has 2 rings (SSSR count). The summed E-state index contributed by atoms with van der Waals surface area (Å²) >= 11 is 4.89. The Morgan fingerprint density at radius 2 is 1.92 bits per heavy atom. The Hall–Kier alpha value is -1.49. The van der Waals surface area contributed by atoms with Crippen LogP contribution in [-0.4, -0.2) is 5.11 Å². The number of thiocarbonyl (C=S) groups is 1. The van der Waals surface area contributed by atoms with Crippen molar-refractivity contribution in [2.45, 2.75) is 0 Å². The number of rotatable bonds is 1. The molecule has 0 aromatic heterocycles. The van der Waals surface area contributed by atoms with E-state index < -0.39 is 0 Å². The molecular weight excluding hydrogens is 172 g/mol. The van der Waals surface area contributed by atoms with Crippen molar-refractivity contribution in [1.29, 1.82) is 0 Å². The topological polar surface area (TPSA) is 42.1 Å². The van der Waals surface area contributed by atoms with Gasteiger partial charge in [0.05, 0.1) is 5.69 Å². The van der Waals surface area contributed by atoms with Crippen LogP contribution in [0.4, 0.5) is 5.69 Å². The molecule has 0 saturated heterocycles. The fourth-order valence-corrected chi connectivity index (χ4v) is 1.09. The fourth-order valence-electron chi connectivity index (χ4n) is 0.910. The van der Waals surface area contributed by atoms with Gasteiger partial charge < -0.3 is 0 Å². The van der Waals surface area contributed by atoms with Crippen molar-refractivity contribution in [3.63, 3.8) is 0 Å². The van der Waals surface area contributed by atoms with Gasteiger partial charge in [0.2, 0.25) is 5.11 Å². The lowest BCUT2D eigenvalue weighted by molar-refractivity contribution is 0.941. The zero-order chi connectivity index (χ0) is 8.39. The first-order valence-electron chi connectivity index (χ1n) is 3.39. The van der Waals surface area contributed by atoms with E-state index >= 15 is 0 Å². The Kier molecular flexibility index (Phi) is 1.71. The molecule has 5 heteroatoms. The lowest BCUT2D eigenvalue weighted by atomic mass is 10.3. The van der Waals surface area contributed by atoms with E-state index in [1.807, 2.05) is 30.3 Å². The number of hydrogen-bond donors (Lipinski definition) is 0. The molecule has 1 radical (unpaired) electrons. The highest BCUT2D eigenvalue weighted by Crippen LogP contribution is 2.16. The minimum absolute atomic E-state index is 0.376. The van der Waals surface area contributed by atoms with Crippen LogP contribution in [0, 0.1) is 0 Å². The Morgan fingerprint density at radius 1 is 1.17 bits per heavy atom. The van der Waals surface area contributed by atoms with E-state index in [2.05, 4.69) is 15.9 Å². The molecule has 59 valence electrons. The summed E-state index contributed by atoms with van der Waals surface area (Å²) in [5, 5.41) is 9.08. The maximum atomic E-state index is 4.89. The van der Waals surface area contributed by atoms with Crippen molar-refractivity contribution in [2.75, 3.05) is 5.01 Å². The second kappa shape index (κ2) is 2.86. The van der Waals surface area contributed by atoms with Crippen LogP contribution in [0.1, 0.15) is 0 Å². The lowest BCUT2D eigenvalue weighted by Gasteiger charge is -2.08. The molecular formula is C7H5N4S. The summed E-state index contributed by atoms with van der Waals surface area (Å²) in [7, 11) is 0. The van der Waals surface area contributed by atoms with E-state index in [0.717, 1.165) is 5.69 Å². The summed E-state index contributed by atoms with van der Waals surface area (Å²) < 4.78 is 0. The SMILES string of the molecule is S=C1[N]N=NN1c1ccccc1. The van der Waals surface area contributed by atoms with Crippen molar-refractivity contribution >= 4 is 23.0 Å². The first-order valence-corrected chi connectivity index (χ1v) is 3.79. The maximum absolute atomic E-state index is 4.89. The van der Waals surface area contributed by atoms with Gasteiger partial charge in [-0.3, -0.25) is 0 Å². The van der Waals surface area contributed by atoms with Crippen molar-refractivity contribution in [1.82, 2.24) is 5.43 Å². The normalized spacial score (nSPS) is 15.0. The predicted octanol–water partition coefficient (Wildman–Crippen LogP) is 1.68. The summed E-state index contributed by atoms with van der Waals surface area (Å²) in [6.45, 7) is 0. The quantitative estimate of drug-likeness (QED) is 0.612. The summed E-state index contributed by atoms with van der Waals surface area (Å²) in [6, 6.07) is 9.53. The van der Waals surface area contributed by atoms with Gasteiger partial charge in [-0.15, -0.1) is 0 Å². The van der Waals surface area contributed by atoms with E-state index in [-0.39, 0.29) is 0 Å². The number of benzene rings is 1. The van der Waals surface area contributed by atoms with Crippen molar-refractivity contribution in [3.05, 3.63) is 30.3 Å². The maximum Gasteiger partial charge on any atom is 0.244 e. The summed E-state index contributed by atoms with van der Waals surface area (Å²) in [5.74, 6) is 0. The standard InChI is InChI=1S/C7H5N4S/c12-7-8-9-10-11(7)6-4-2-1-3-5-6/h1-5H. The molecule has 0 fully saturated rings. The minimum Gasteiger partial charge on any atom is -0.184 e. The molecule has 0 atom stereocenters. The van der Waals surface area contributed by atoms with Crippen molar-refractivity contribution in [3.8, 4) is 0 Å². The number of anilines is 1. The van der Waals surface area contributed by atoms with Crippen LogP contribution >= 0.6 is 12.2 Å². The molecule has 0 spiro atoms. The van der Waals surface area contributed by atoms with Gasteiger partial charge in [0.25, 0.3) is 0 Å². The van der Waals surface area contributed by atoms with Gasteiger partial charge in [0.15, 0.2) is 0 Å². The van der Waals surface area contributed by atoms with Gasteiger partial charge >= 0.3 is 0 Å². The third kappa shape index (κ3) is 1.14. The second-order valence-electron chi connectivity index (χ2n) is 2.21. The van der Waals surface area contributed by atoms with Gasteiger partial charge in [-0.1, -0.05) is 23.6 Å². The monoisotopic (exact) mass is 177 g/mol. The highest BCUT2D eigenvalue weighted by atomic mass is 32.1. The molecule has 0 saturated carbocycles. The predicted molar refractivity (Wildman–Crippen MR) is 48.5 cm³/mol. The first kappa shape index (κ1) is 7.17. The molecule has 0 aliphatic carbocycles. The summed E-state index contributed by atoms with van der Waals surface area (Å²) in [4.78, 5) is 0. The second-order valence-corrected chi connectivity index (χ2v) is 2.57. The molecule has 1 aliphatic heterocycles. The molecule has 1 heterocycles. The molecule has 4 nitrogen and oxygen atoms in total. The first-order chi connectivity index (χ1) is 5.88. The highest BCUT2D eigenvalue weighted by Gasteiger charge is 2.17. The average molecular weight is 177 g/mol. The van der Waals surface area contributed by atoms with E-state index in [0.29, 0.717) is 5.11 Å². The number of para-hydroxylation sites is 1. The minimum atomic E-state index is 0.376. The molecule has 0 unspecified atom stereocenters.